The monoisotopic (exact) mass is 421 g/mol. The van der Waals surface area contributed by atoms with Gasteiger partial charge in [0.1, 0.15) is 0 Å². The van der Waals surface area contributed by atoms with Crippen LogP contribution in [0.15, 0.2) is 22.7 Å². The second-order valence-corrected chi connectivity index (χ2v) is 7.95. The number of aromatic nitrogens is 1. The molecule has 1 aromatic carbocycles. The second-order valence-electron chi connectivity index (χ2n) is 7.95. The van der Waals surface area contributed by atoms with E-state index in [9.17, 15) is 18.0 Å². The van der Waals surface area contributed by atoms with Crippen molar-refractivity contribution < 1.29 is 22.5 Å². The van der Waals surface area contributed by atoms with Crippen molar-refractivity contribution >= 4 is 22.7 Å². The summed E-state index contributed by atoms with van der Waals surface area (Å²) in [4.78, 5) is 14.5. The number of likely N-dealkylation sites (tertiary alicyclic amines) is 1. The molecule has 1 aliphatic heterocycles. The molecule has 0 radical (unpaired) electrons. The summed E-state index contributed by atoms with van der Waals surface area (Å²) in [7, 11) is 0. The van der Waals surface area contributed by atoms with E-state index in [2.05, 4.69) is 26.8 Å². The van der Waals surface area contributed by atoms with Gasteiger partial charge in [-0.25, -0.2) is 0 Å². The molecule has 1 saturated carbocycles. The lowest BCUT2D eigenvalue weighted by molar-refractivity contribution is -0.137. The number of carbonyl (C=O) groups excluding carboxylic acids is 1. The largest absolute Gasteiger partial charge is 0.416 e. The third-order valence-electron chi connectivity index (χ3n) is 5.88. The topological polar surface area (TPSA) is 94.2 Å². The van der Waals surface area contributed by atoms with Gasteiger partial charge < -0.3 is 15.2 Å². The molecular weight excluding hydrogens is 399 g/mol. The number of hydrogen-bond donors (Lipinski definition) is 2. The first-order valence-electron chi connectivity index (χ1n) is 9.97. The van der Waals surface area contributed by atoms with Gasteiger partial charge in [0, 0.05) is 25.0 Å². The third-order valence-corrected chi connectivity index (χ3v) is 5.88. The molecule has 1 amide bonds. The fourth-order valence-corrected chi connectivity index (χ4v) is 4.16. The van der Waals surface area contributed by atoms with E-state index in [1.807, 2.05) is 0 Å². The number of nitriles is 1. The van der Waals surface area contributed by atoms with E-state index in [0.29, 0.717) is 6.04 Å². The van der Waals surface area contributed by atoms with Gasteiger partial charge in [-0.2, -0.15) is 18.4 Å². The first kappa shape index (κ1) is 20.5. The maximum atomic E-state index is 12.9. The van der Waals surface area contributed by atoms with E-state index in [1.165, 1.54) is 6.07 Å². The summed E-state index contributed by atoms with van der Waals surface area (Å²) in [5.74, 6) is 0.0237. The summed E-state index contributed by atoms with van der Waals surface area (Å²) in [6.45, 7) is 1.44. The Morgan fingerprint density at radius 3 is 2.67 bits per heavy atom. The first-order chi connectivity index (χ1) is 14.3. The summed E-state index contributed by atoms with van der Waals surface area (Å²) in [6, 6.07) is 5.96. The lowest BCUT2D eigenvalue weighted by Crippen LogP contribution is -2.63. The van der Waals surface area contributed by atoms with E-state index in [1.54, 1.807) is 0 Å². The van der Waals surface area contributed by atoms with E-state index in [4.69, 9.17) is 9.78 Å². The van der Waals surface area contributed by atoms with Crippen LogP contribution >= 0.6 is 0 Å². The highest BCUT2D eigenvalue weighted by Crippen LogP contribution is 2.33. The van der Waals surface area contributed by atoms with E-state index < -0.39 is 11.7 Å². The molecule has 1 aliphatic carbocycles. The van der Waals surface area contributed by atoms with Crippen molar-refractivity contribution in [3.8, 4) is 6.07 Å². The van der Waals surface area contributed by atoms with Crippen LogP contribution < -0.4 is 10.6 Å². The Morgan fingerprint density at radius 1 is 1.27 bits per heavy atom. The molecule has 30 heavy (non-hydrogen) atoms. The second kappa shape index (κ2) is 8.14. The van der Waals surface area contributed by atoms with Crippen LogP contribution in [-0.2, 0) is 11.0 Å². The van der Waals surface area contributed by atoms with E-state index in [-0.39, 0.29) is 41.2 Å². The van der Waals surface area contributed by atoms with Crippen LogP contribution in [0.4, 0.5) is 19.0 Å². The van der Waals surface area contributed by atoms with Gasteiger partial charge in [0.2, 0.25) is 5.91 Å². The molecular formula is C20H22F3N5O2. The molecule has 0 atom stereocenters. The van der Waals surface area contributed by atoms with Crippen LogP contribution in [0.2, 0.25) is 0 Å². The molecule has 0 bridgehead atoms. The summed E-state index contributed by atoms with van der Waals surface area (Å²) in [6.07, 6.45) is -0.579. The average Bonchev–Trinajstić information content (AvgIpc) is 3.10. The molecule has 160 valence electrons. The number of anilines is 1. The minimum absolute atomic E-state index is 0.0545. The number of fused-ring (bicyclic) bond motifs is 1. The zero-order chi connectivity index (χ0) is 21.3. The highest BCUT2D eigenvalue weighted by atomic mass is 19.4. The van der Waals surface area contributed by atoms with E-state index >= 15 is 0 Å². The zero-order valence-electron chi connectivity index (χ0n) is 16.2. The van der Waals surface area contributed by atoms with Crippen LogP contribution in [0.5, 0.6) is 0 Å². The lowest BCUT2D eigenvalue weighted by Gasteiger charge is -2.46. The smallest absolute Gasteiger partial charge is 0.358 e. The predicted octanol–water partition coefficient (Wildman–Crippen LogP) is 3.14. The van der Waals surface area contributed by atoms with Crippen molar-refractivity contribution in [1.29, 1.82) is 5.26 Å². The lowest BCUT2D eigenvalue weighted by atomic mass is 9.85. The molecule has 2 N–H and O–H groups in total. The molecule has 2 aromatic rings. The van der Waals surface area contributed by atoms with Crippen molar-refractivity contribution in [3.63, 3.8) is 0 Å². The number of amides is 1. The molecule has 2 heterocycles. The maximum absolute atomic E-state index is 12.9. The number of rotatable bonds is 5. The number of halogens is 3. The Labute approximate surface area is 171 Å². The Morgan fingerprint density at radius 2 is 2.00 bits per heavy atom. The number of benzene rings is 1. The minimum atomic E-state index is -4.47. The van der Waals surface area contributed by atoms with Crippen LogP contribution in [0.25, 0.3) is 11.0 Å². The van der Waals surface area contributed by atoms with Crippen molar-refractivity contribution in [2.45, 2.75) is 43.9 Å². The number of nitrogens with one attached hydrogen (secondary N) is 2. The Kier molecular flexibility index (Phi) is 5.56. The van der Waals surface area contributed by atoms with Crippen LogP contribution in [0.3, 0.4) is 0 Å². The third kappa shape index (κ3) is 4.36. The number of hydrogen-bond acceptors (Lipinski definition) is 6. The van der Waals surface area contributed by atoms with Crippen molar-refractivity contribution in [2.75, 3.05) is 25.0 Å². The van der Waals surface area contributed by atoms with Crippen molar-refractivity contribution in [3.05, 3.63) is 23.8 Å². The summed E-state index contributed by atoms with van der Waals surface area (Å²) in [5, 5.41) is 18.6. The highest BCUT2D eigenvalue weighted by molar-refractivity contribution is 5.90. The van der Waals surface area contributed by atoms with Gasteiger partial charge in [-0.3, -0.25) is 9.69 Å². The first-order valence-corrected chi connectivity index (χ1v) is 9.97. The van der Waals surface area contributed by atoms with Crippen molar-refractivity contribution in [1.82, 2.24) is 15.4 Å². The SMILES string of the molecule is N#C[C@H]1CC[C@@H](N2CC(NC(=O)CNc3noc4ccc(C(F)(F)F)cc34)C2)CC1. The Bertz CT molecular complexity index is 953. The standard InChI is InChI=1S/C20H22F3N5O2/c21-20(22,23)13-3-6-17-16(7-13)19(27-30-17)25-9-18(29)26-14-10-28(11-14)15-4-1-12(8-24)2-5-15/h3,6-7,12,14-15H,1-2,4-5,9-11H2,(H,25,27)(H,26,29)/t12-,15+. The normalized spacial score (nSPS) is 23.0. The van der Waals surface area contributed by atoms with Gasteiger partial charge in [-0.05, 0) is 43.9 Å². The molecule has 4 rings (SSSR count). The minimum Gasteiger partial charge on any atom is -0.358 e. The molecule has 10 heteroatoms. The predicted molar refractivity (Wildman–Crippen MR) is 102 cm³/mol. The fourth-order valence-electron chi connectivity index (χ4n) is 4.16. The molecule has 2 aliphatic rings. The van der Waals surface area contributed by atoms with Gasteiger partial charge in [0.05, 0.1) is 29.6 Å². The molecule has 0 spiro atoms. The molecule has 2 fully saturated rings. The number of nitrogens with zero attached hydrogens (tertiary/aromatic N) is 3. The summed E-state index contributed by atoms with van der Waals surface area (Å²) in [5.41, 5.74) is -0.587. The quantitative estimate of drug-likeness (QED) is 0.770. The molecule has 1 saturated heterocycles. The van der Waals surface area contributed by atoms with Crippen molar-refractivity contribution in [2.24, 2.45) is 5.92 Å². The number of carbonyl (C=O) groups is 1. The van der Waals surface area contributed by atoms with Gasteiger partial charge in [-0.15, -0.1) is 0 Å². The van der Waals surface area contributed by atoms with Crippen LogP contribution in [0.1, 0.15) is 31.2 Å². The van der Waals surface area contributed by atoms with Gasteiger partial charge in [-0.1, -0.05) is 5.16 Å². The van der Waals surface area contributed by atoms with Gasteiger partial charge in [0.15, 0.2) is 11.4 Å². The average molecular weight is 421 g/mol. The summed E-state index contributed by atoms with van der Waals surface area (Å²) < 4.78 is 43.7. The molecule has 1 aromatic heterocycles. The molecule has 0 unspecified atom stereocenters. The highest BCUT2D eigenvalue weighted by Gasteiger charge is 2.35. The zero-order valence-corrected chi connectivity index (χ0v) is 16.2. The maximum Gasteiger partial charge on any atom is 0.416 e. The van der Waals surface area contributed by atoms with E-state index in [0.717, 1.165) is 50.9 Å². The molecule has 7 nitrogen and oxygen atoms in total. The van der Waals surface area contributed by atoms with Gasteiger partial charge >= 0.3 is 6.18 Å². The van der Waals surface area contributed by atoms with Gasteiger partial charge in [0.25, 0.3) is 0 Å². The number of alkyl halides is 3. The Hall–Kier alpha value is -2.80. The van der Waals surface area contributed by atoms with Crippen LogP contribution in [-0.4, -0.2) is 47.7 Å². The Balaban J connectivity index is 1.25. The van der Waals surface area contributed by atoms with Crippen LogP contribution in [0, 0.1) is 17.2 Å². The fraction of sp³-hybridized carbons (Fsp3) is 0.550. The summed E-state index contributed by atoms with van der Waals surface area (Å²) >= 11 is 0.